The third-order valence-electron chi connectivity index (χ3n) is 4.35. The SMILES string of the molecule is COc1ccccc1NC(=O)c1ccc(NC(=O)COc2cc(Cl)ccc2C(N)=O)cc1. The first kappa shape index (κ1) is 22.6. The Balaban J connectivity index is 1.59. The van der Waals surface area contributed by atoms with Gasteiger partial charge < -0.3 is 25.8 Å². The number of carbonyl (C=O) groups excluding carboxylic acids is 3. The molecule has 0 aliphatic heterocycles. The van der Waals surface area contributed by atoms with Crippen LogP contribution in [0.15, 0.2) is 66.7 Å². The maximum atomic E-state index is 12.5. The highest BCUT2D eigenvalue weighted by Gasteiger charge is 2.13. The van der Waals surface area contributed by atoms with Gasteiger partial charge in [0.2, 0.25) is 0 Å². The van der Waals surface area contributed by atoms with Gasteiger partial charge in [-0.1, -0.05) is 23.7 Å². The number of halogens is 1. The molecule has 32 heavy (non-hydrogen) atoms. The molecule has 0 unspecified atom stereocenters. The number of hydrogen-bond acceptors (Lipinski definition) is 5. The first-order valence-electron chi connectivity index (χ1n) is 9.44. The van der Waals surface area contributed by atoms with Gasteiger partial charge in [-0.15, -0.1) is 0 Å². The van der Waals surface area contributed by atoms with Gasteiger partial charge in [-0.2, -0.15) is 0 Å². The van der Waals surface area contributed by atoms with Crippen LogP contribution in [0.5, 0.6) is 11.5 Å². The summed E-state index contributed by atoms with van der Waals surface area (Å²) < 4.78 is 10.6. The van der Waals surface area contributed by atoms with E-state index in [9.17, 15) is 14.4 Å². The molecular formula is C23H20ClN3O5. The Morgan fingerprint density at radius 2 is 1.66 bits per heavy atom. The molecule has 3 aromatic rings. The maximum Gasteiger partial charge on any atom is 0.262 e. The Kier molecular flexibility index (Phi) is 7.30. The van der Waals surface area contributed by atoms with E-state index in [1.54, 1.807) is 48.5 Å². The second kappa shape index (κ2) is 10.3. The number of benzene rings is 3. The average molecular weight is 454 g/mol. The zero-order chi connectivity index (χ0) is 23.1. The van der Waals surface area contributed by atoms with Gasteiger partial charge in [-0.05, 0) is 54.6 Å². The topological polar surface area (TPSA) is 120 Å². The molecule has 164 valence electrons. The molecule has 0 saturated heterocycles. The minimum atomic E-state index is -0.695. The lowest BCUT2D eigenvalue weighted by Crippen LogP contribution is -2.22. The molecule has 0 atom stereocenters. The Labute approximate surface area is 189 Å². The van der Waals surface area contributed by atoms with E-state index in [1.165, 1.54) is 25.3 Å². The van der Waals surface area contributed by atoms with Crippen molar-refractivity contribution in [2.45, 2.75) is 0 Å². The van der Waals surface area contributed by atoms with Crippen LogP contribution in [0.3, 0.4) is 0 Å². The Bertz CT molecular complexity index is 1150. The van der Waals surface area contributed by atoms with Crippen LogP contribution in [0.2, 0.25) is 5.02 Å². The van der Waals surface area contributed by atoms with E-state index in [1.807, 2.05) is 0 Å². The molecule has 0 heterocycles. The third-order valence-corrected chi connectivity index (χ3v) is 4.59. The van der Waals surface area contributed by atoms with Crippen LogP contribution in [0.1, 0.15) is 20.7 Å². The molecule has 0 radical (unpaired) electrons. The van der Waals surface area contributed by atoms with E-state index in [4.69, 9.17) is 26.8 Å². The minimum Gasteiger partial charge on any atom is -0.495 e. The zero-order valence-corrected chi connectivity index (χ0v) is 17.8. The molecule has 9 heteroatoms. The summed E-state index contributed by atoms with van der Waals surface area (Å²) in [5.74, 6) is -0.825. The fourth-order valence-electron chi connectivity index (χ4n) is 2.81. The number of hydrogen-bond donors (Lipinski definition) is 3. The third kappa shape index (κ3) is 5.77. The van der Waals surface area contributed by atoms with Crippen LogP contribution < -0.4 is 25.8 Å². The van der Waals surface area contributed by atoms with Crippen molar-refractivity contribution in [1.29, 1.82) is 0 Å². The summed E-state index contributed by atoms with van der Waals surface area (Å²) in [5.41, 5.74) is 6.83. The van der Waals surface area contributed by atoms with E-state index >= 15 is 0 Å². The molecule has 0 aliphatic carbocycles. The quantitative estimate of drug-likeness (QED) is 0.480. The number of nitrogens with two attached hydrogens (primary N) is 1. The van der Waals surface area contributed by atoms with Gasteiger partial charge in [-0.25, -0.2) is 0 Å². The summed E-state index contributed by atoms with van der Waals surface area (Å²) >= 11 is 5.90. The fourth-order valence-corrected chi connectivity index (χ4v) is 2.97. The Hall–Kier alpha value is -4.04. The minimum absolute atomic E-state index is 0.114. The van der Waals surface area contributed by atoms with Crippen molar-refractivity contribution in [3.05, 3.63) is 82.9 Å². The van der Waals surface area contributed by atoms with Crippen molar-refractivity contribution in [2.24, 2.45) is 5.73 Å². The number of amides is 3. The number of carbonyl (C=O) groups is 3. The predicted octanol–water partition coefficient (Wildman–Crippen LogP) is 3.72. The number of primary amides is 1. The molecule has 8 nitrogen and oxygen atoms in total. The highest BCUT2D eigenvalue weighted by Crippen LogP contribution is 2.24. The Morgan fingerprint density at radius 3 is 2.34 bits per heavy atom. The normalized spacial score (nSPS) is 10.2. The van der Waals surface area contributed by atoms with E-state index in [0.29, 0.717) is 27.7 Å². The van der Waals surface area contributed by atoms with Gasteiger partial charge in [0, 0.05) is 16.3 Å². The summed E-state index contributed by atoms with van der Waals surface area (Å²) in [6.07, 6.45) is 0. The van der Waals surface area contributed by atoms with E-state index in [-0.39, 0.29) is 23.8 Å². The van der Waals surface area contributed by atoms with Gasteiger partial charge in [0.15, 0.2) is 6.61 Å². The van der Waals surface area contributed by atoms with Crippen LogP contribution in [0.25, 0.3) is 0 Å². The second-order valence-corrected chi connectivity index (χ2v) is 7.01. The average Bonchev–Trinajstić information content (AvgIpc) is 2.78. The van der Waals surface area contributed by atoms with Crippen molar-refractivity contribution < 1.29 is 23.9 Å². The van der Waals surface area contributed by atoms with Crippen LogP contribution in [0.4, 0.5) is 11.4 Å². The van der Waals surface area contributed by atoms with Crippen molar-refractivity contribution >= 4 is 40.7 Å². The van der Waals surface area contributed by atoms with Gasteiger partial charge in [0.05, 0.1) is 18.4 Å². The van der Waals surface area contributed by atoms with Crippen molar-refractivity contribution in [1.82, 2.24) is 0 Å². The molecular weight excluding hydrogens is 434 g/mol. The number of anilines is 2. The van der Waals surface area contributed by atoms with Crippen molar-refractivity contribution in [2.75, 3.05) is 24.4 Å². The molecule has 4 N–H and O–H groups in total. The van der Waals surface area contributed by atoms with Gasteiger partial charge in [0.25, 0.3) is 17.7 Å². The second-order valence-electron chi connectivity index (χ2n) is 6.57. The van der Waals surface area contributed by atoms with Crippen molar-refractivity contribution in [3.8, 4) is 11.5 Å². The summed E-state index contributed by atoms with van der Waals surface area (Å²) in [6, 6.07) is 17.7. The number of methoxy groups -OCH3 is 1. The number of para-hydroxylation sites is 2. The highest BCUT2D eigenvalue weighted by molar-refractivity contribution is 6.30. The lowest BCUT2D eigenvalue weighted by atomic mass is 10.2. The number of nitrogens with one attached hydrogen (secondary N) is 2. The van der Waals surface area contributed by atoms with Gasteiger partial charge in [-0.3, -0.25) is 14.4 Å². The molecule has 0 aromatic heterocycles. The first-order valence-corrected chi connectivity index (χ1v) is 9.81. The predicted molar refractivity (Wildman–Crippen MR) is 121 cm³/mol. The summed E-state index contributed by atoms with van der Waals surface area (Å²) in [6.45, 7) is -0.364. The summed E-state index contributed by atoms with van der Waals surface area (Å²) in [7, 11) is 1.52. The van der Waals surface area contributed by atoms with Gasteiger partial charge >= 0.3 is 0 Å². The molecule has 0 bridgehead atoms. The first-order chi connectivity index (χ1) is 15.4. The zero-order valence-electron chi connectivity index (χ0n) is 17.1. The van der Waals surface area contributed by atoms with E-state index in [0.717, 1.165) is 0 Å². The smallest absolute Gasteiger partial charge is 0.262 e. The fraction of sp³-hybridized carbons (Fsp3) is 0.0870. The van der Waals surface area contributed by atoms with E-state index < -0.39 is 11.8 Å². The largest absolute Gasteiger partial charge is 0.495 e. The van der Waals surface area contributed by atoms with Crippen LogP contribution >= 0.6 is 11.6 Å². The van der Waals surface area contributed by atoms with Crippen LogP contribution in [-0.4, -0.2) is 31.4 Å². The number of ether oxygens (including phenoxy) is 2. The monoisotopic (exact) mass is 453 g/mol. The number of rotatable bonds is 8. The lowest BCUT2D eigenvalue weighted by molar-refractivity contribution is -0.118. The van der Waals surface area contributed by atoms with Crippen LogP contribution in [0, 0.1) is 0 Å². The maximum absolute atomic E-state index is 12.5. The van der Waals surface area contributed by atoms with Gasteiger partial charge in [0.1, 0.15) is 11.5 Å². The molecule has 3 aromatic carbocycles. The van der Waals surface area contributed by atoms with E-state index in [2.05, 4.69) is 10.6 Å². The van der Waals surface area contributed by atoms with Crippen molar-refractivity contribution in [3.63, 3.8) is 0 Å². The summed E-state index contributed by atoms with van der Waals surface area (Å²) in [5, 5.41) is 5.76. The molecule has 3 rings (SSSR count). The highest BCUT2D eigenvalue weighted by atomic mass is 35.5. The Morgan fingerprint density at radius 1 is 0.938 bits per heavy atom. The summed E-state index contributed by atoms with van der Waals surface area (Å²) in [4.78, 5) is 36.1. The molecule has 3 amide bonds. The molecule has 0 fully saturated rings. The standard InChI is InChI=1S/C23H20ClN3O5/c1-31-19-5-3-2-4-18(19)27-23(30)14-6-9-16(10-7-14)26-21(28)13-32-20-12-15(24)8-11-17(20)22(25)29/h2-12H,13H2,1H3,(H2,25,29)(H,26,28)(H,27,30). The molecule has 0 spiro atoms. The lowest BCUT2D eigenvalue weighted by Gasteiger charge is -2.11. The molecule has 0 saturated carbocycles. The molecule has 0 aliphatic rings. The van der Waals surface area contributed by atoms with Crippen LogP contribution in [-0.2, 0) is 4.79 Å².